The zero-order valence-electron chi connectivity index (χ0n) is 11.8. The van der Waals surface area contributed by atoms with Crippen LogP contribution in [0.5, 0.6) is 0 Å². The highest BCUT2D eigenvalue weighted by Crippen LogP contribution is 2.19. The number of benzene rings is 1. The number of hydrogen-bond acceptors (Lipinski definition) is 4. The Labute approximate surface area is 121 Å². The van der Waals surface area contributed by atoms with Gasteiger partial charge in [-0.15, -0.1) is 0 Å². The van der Waals surface area contributed by atoms with Crippen molar-refractivity contribution in [1.82, 2.24) is 10.2 Å². The molecule has 110 valence electrons. The Bertz CT molecular complexity index is 679. The fraction of sp³-hybridized carbons (Fsp3) is 0.286. The molecule has 2 N–H and O–H groups in total. The number of nitrogens with zero attached hydrogens (tertiary/aromatic N) is 2. The highest BCUT2D eigenvalue weighted by atomic mass is 16.6. The molecule has 0 saturated heterocycles. The van der Waals surface area contributed by atoms with Gasteiger partial charge in [0.2, 0.25) is 0 Å². The third-order valence-corrected chi connectivity index (χ3v) is 3.05. The average molecular weight is 288 g/mol. The summed E-state index contributed by atoms with van der Waals surface area (Å²) in [4.78, 5) is 22.4. The van der Waals surface area contributed by atoms with Gasteiger partial charge in [-0.2, -0.15) is 5.10 Å². The first-order valence-corrected chi connectivity index (χ1v) is 6.62. The number of nitrogens with one attached hydrogen (secondary N) is 2. The van der Waals surface area contributed by atoms with Crippen LogP contribution in [-0.2, 0) is 6.42 Å². The molecule has 1 aromatic carbocycles. The molecule has 0 saturated carbocycles. The van der Waals surface area contributed by atoms with Gasteiger partial charge in [-0.3, -0.25) is 20.0 Å². The van der Waals surface area contributed by atoms with Gasteiger partial charge < -0.3 is 5.32 Å². The minimum absolute atomic E-state index is 0.00319. The number of aryl methyl sites for hydroxylation is 2. The molecule has 0 atom stereocenters. The Kier molecular flexibility index (Phi) is 4.32. The molecule has 1 amide bonds. The van der Waals surface area contributed by atoms with Crippen LogP contribution in [0.3, 0.4) is 0 Å². The van der Waals surface area contributed by atoms with Crippen LogP contribution in [0.4, 0.5) is 11.5 Å². The number of carbonyl (C=O) groups is 1. The number of H-pyrrole nitrogens is 1. The fourth-order valence-electron chi connectivity index (χ4n) is 2.01. The van der Waals surface area contributed by atoms with Crippen LogP contribution in [0.2, 0.25) is 0 Å². The minimum Gasteiger partial charge on any atom is -0.305 e. The van der Waals surface area contributed by atoms with E-state index in [-0.39, 0.29) is 11.6 Å². The summed E-state index contributed by atoms with van der Waals surface area (Å²) in [6.07, 6.45) is 1.84. The standard InChI is InChI=1S/C14H16N4O3/c1-3-4-11-8-13(17-16-11)15-14(19)10-5-6-12(18(20)21)9(2)7-10/h5-8H,3-4H2,1-2H3,(H2,15,16,17,19). The summed E-state index contributed by atoms with van der Waals surface area (Å²) in [5.41, 5.74) is 1.75. The zero-order valence-corrected chi connectivity index (χ0v) is 11.8. The van der Waals surface area contributed by atoms with Crippen molar-refractivity contribution in [2.45, 2.75) is 26.7 Å². The van der Waals surface area contributed by atoms with Crippen molar-refractivity contribution < 1.29 is 9.72 Å². The van der Waals surface area contributed by atoms with Crippen LogP contribution in [0.15, 0.2) is 24.3 Å². The van der Waals surface area contributed by atoms with E-state index in [1.54, 1.807) is 13.0 Å². The third kappa shape index (κ3) is 3.44. The van der Waals surface area contributed by atoms with Gasteiger partial charge in [-0.05, 0) is 25.5 Å². The van der Waals surface area contributed by atoms with Gasteiger partial charge >= 0.3 is 0 Å². The Hall–Kier alpha value is -2.70. The summed E-state index contributed by atoms with van der Waals surface area (Å²) in [6, 6.07) is 6.03. The number of rotatable bonds is 5. The van der Waals surface area contributed by atoms with E-state index in [1.165, 1.54) is 18.2 Å². The van der Waals surface area contributed by atoms with Crippen LogP contribution in [0.1, 0.15) is 35.0 Å². The van der Waals surface area contributed by atoms with Crippen LogP contribution >= 0.6 is 0 Å². The van der Waals surface area contributed by atoms with E-state index in [4.69, 9.17) is 0 Å². The molecule has 2 aromatic rings. The van der Waals surface area contributed by atoms with E-state index < -0.39 is 4.92 Å². The van der Waals surface area contributed by atoms with Crippen LogP contribution in [-0.4, -0.2) is 21.0 Å². The van der Waals surface area contributed by atoms with Gasteiger partial charge in [-0.25, -0.2) is 0 Å². The van der Waals surface area contributed by atoms with Crippen LogP contribution in [0, 0.1) is 17.0 Å². The monoisotopic (exact) mass is 288 g/mol. The molecule has 7 nitrogen and oxygen atoms in total. The smallest absolute Gasteiger partial charge is 0.272 e. The highest BCUT2D eigenvalue weighted by molar-refractivity contribution is 6.04. The van der Waals surface area contributed by atoms with Gasteiger partial charge in [0.1, 0.15) is 0 Å². The number of aromatic nitrogens is 2. The molecular weight excluding hydrogens is 272 g/mol. The molecule has 0 fully saturated rings. The number of nitro groups is 1. The third-order valence-electron chi connectivity index (χ3n) is 3.05. The number of nitro benzene ring substituents is 1. The SMILES string of the molecule is CCCc1cc(NC(=O)c2ccc([N+](=O)[O-])c(C)c2)n[nH]1. The highest BCUT2D eigenvalue weighted by Gasteiger charge is 2.14. The molecule has 0 aliphatic carbocycles. The second-order valence-corrected chi connectivity index (χ2v) is 4.74. The second kappa shape index (κ2) is 6.17. The summed E-state index contributed by atoms with van der Waals surface area (Å²) >= 11 is 0. The predicted molar refractivity (Wildman–Crippen MR) is 78.4 cm³/mol. The number of aromatic amines is 1. The maximum atomic E-state index is 12.1. The lowest BCUT2D eigenvalue weighted by Gasteiger charge is -2.03. The summed E-state index contributed by atoms with van der Waals surface area (Å²) in [7, 11) is 0. The van der Waals surface area contributed by atoms with E-state index in [9.17, 15) is 14.9 Å². The molecular formula is C14H16N4O3. The molecule has 0 spiro atoms. The molecule has 1 heterocycles. The van der Waals surface area contributed by atoms with Crippen LogP contribution in [0.25, 0.3) is 0 Å². The van der Waals surface area contributed by atoms with E-state index in [1.807, 2.05) is 0 Å². The molecule has 0 aliphatic rings. The molecule has 0 radical (unpaired) electrons. The summed E-state index contributed by atoms with van der Waals surface area (Å²) in [5, 5.41) is 20.3. The molecule has 2 rings (SSSR count). The van der Waals surface area contributed by atoms with E-state index in [0.717, 1.165) is 18.5 Å². The number of anilines is 1. The molecule has 0 bridgehead atoms. The Balaban J connectivity index is 2.12. The van der Waals surface area contributed by atoms with E-state index in [2.05, 4.69) is 22.4 Å². The first-order valence-electron chi connectivity index (χ1n) is 6.62. The van der Waals surface area contributed by atoms with E-state index in [0.29, 0.717) is 16.9 Å². The Morgan fingerprint density at radius 1 is 1.43 bits per heavy atom. The van der Waals surface area contributed by atoms with Gasteiger partial charge in [0.05, 0.1) is 4.92 Å². The van der Waals surface area contributed by atoms with Gasteiger partial charge in [-0.1, -0.05) is 13.3 Å². The largest absolute Gasteiger partial charge is 0.305 e. The summed E-state index contributed by atoms with van der Waals surface area (Å²) < 4.78 is 0. The maximum absolute atomic E-state index is 12.1. The minimum atomic E-state index is -0.470. The zero-order chi connectivity index (χ0) is 15.4. The first kappa shape index (κ1) is 14.7. The Morgan fingerprint density at radius 3 is 2.81 bits per heavy atom. The summed E-state index contributed by atoms with van der Waals surface area (Å²) in [5.74, 6) is 0.0991. The number of carbonyl (C=O) groups excluding carboxylic acids is 1. The quantitative estimate of drug-likeness (QED) is 0.652. The topological polar surface area (TPSA) is 101 Å². The van der Waals surface area contributed by atoms with Crippen molar-refractivity contribution >= 4 is 17.4 Å². The molecule has 0 unspecified atom stereocenters. The van der Waals surface area contributed by atoms with Crippen molar-refractivity contribution in [1.29, 1.82) is 0 Å². The molecule has 21 heavy (non-hydrogen) atoms. The number of hydrogen-bond donors (Lipinski definition) is 2. The average Bonchev–Trinajstić information content (AvgIpc) is 2.86. The normalized spacial score (nSPS) is 10.4. The maximum Gasteiger partial charge on any atom is 0.272 e. The lowest BCUT2D eigenvalue weighted by molar-refractivity contribution is -0.385. The predicted octanol–water partition coefficient (Wildman–Crippen LogP) is 2.83. The molecule has 7 heteroatoms. The van der Waals surface area contributed by atoms with Gasteiger partial charge in [0, 0.05) is 29.0 Å². The van der Waals surface area contributed by atoms with Crippen molar-refractivity contribution in [2.75, 3.05) is 5.32 Å². The van der Waals surface area contributed by atoms with Gasteiger partial charge in [0.15, 0.2) is 5.82 Å². The molecule has 1 aromatic heterocycles. The summed E-state index contributed by atoms with van der Waals surface area (Å²) in [6.45, 7) is 3.65. The first-order chi connectivity index (χ1) is 10.0. The van der Waals surface area contributed by atoms with Crippen molar-refractivity contribution in [3.8, 4) is 0 Å². The van der Waals surface area contributed by atoms with Crippen LogP contribution < -0.4 is 5.32 Å². The number of amides is 1. The lowest BCUT2D eigenvalue weighted by Crippen LogP contribution is -2.12. The Morgan fingerprint density at radius 2 is 2.19 bits per heavy atom. The fourth-order valence-corrected chi connectivity index (χ4v) is 2.01. The lowest BCUT2D eigenvalue weighted by atomic mass is 10.1. The van der Waals surface area contributed by atoms with Crippen molar-refractivity contribution in [3.05, 3.63) is 51.2 Å². The van der Waals surface area contributed by atoms with Crippen molar-refractivity contribution in [3.63, 3.8) is 0 Å². The van der Waals surface area contributed by atoms with Crippen molar-refractivity contribution in [2.24, 2.45) is 0 Å². The second-order valence-electron chi connectivity index (χ2n) is 4.74. The molecule has 0 aliphatic heterocycles. The van der Waals surface area contributed by atoms with E-state index >= 15 is 0 Å². The van der Waals surface area contributed by atoms with Gasteiger partial charge in [0.25, 0.3) is 11.6 Å².